The zero-order valence-corrected chi connectivity index (χ0v) is 13.5. The number of nitrogen functional groups attached to an aromatic ring is 1. The standard InChI is InChI=1S/C17H20N6/c1-5-6-7-12-8-13(21-11(12)4)15-14-16(18)19-9-20-17(14)23(22-15)10(2)3/h5-10,21H,1H2,2-4H3,(H2,18,19,20)/b7-6-. The Labute approximate surface area is 134 Å². The summed E-state index contributed by atoms with van der Waals surface area (Å²) in [5.74, 6) is 0.437. The van der Waals surface area contributed by atoms with Crippen molar-refractivity contribution in [3.8, 4) is 11.4 Å². The van der Waals surface area contributed by atoms with Gasteiger partial charge in [-0.15, -0.1) is 0 Å². The van der Waals surface area contributed by atoms with E-state index in [1.165, 1.54) is 6.33 Å². The SMILES string of the molecule is C=C/C=C\c1cc(-c2nn(C(C)C)c3ncnc(N)c23)[nH]c1C. The van der Waals surface area contributed by atoms with Crippen LogP contribution in [0, 0.1) is 6.92 Å². The molecule has 3 aromatic heterocycles. The van der Waals surface area contributed by atoms with Gasteiger partial charge < -0.3 is 10.7 Å². The average Bonchev–Trinajstić information content (AvgIpc) is 3.07. The molecule has 6 nitrogen and oxygen atoms in total. The third-order valence-electron chi connectivity index (χ3n) is 3.73. The van der Waals surface area contributed by atoms with Crippen LogP contribution >= 0.6 is 0 Å². The number of fused-ring (bicyclic) bond motifs is 1. The molecule has 3 aromatic rings. The zero-order valence-electron chi connectivity index (χ0n) is 13.5. The minimum Gasteiger partial charge on any atom is -0.383 e. The molecular weight excluding hydrogens is 288 g/mol. The van der Waals surface area contributed by atoms with E-state index in [-0.39, 0.29) is 6.04 Å². The average molecular weight is 308 g/mol. The van der Waals surface area contributed by atoms with E-state index in [1.54, 1.807) is 6.08 Å². The molecule has 0 atom stereocenters. The van der Waals surface area contributed by atoms with Crippen LogP contribution in [0.1, 0.15) is 31.1 Å². The maximum absolute atomic E-state index is 6.09. The normalized spacial score (nSPS) is 11.8. The summed E-state index contributed by atoms with van der Waals surface area (Å²) in [4.78, 5) is 11.8. The highest BCUT2D eigenvalue weighted by atomic mass is 15.3. The van der Waals surface area contributed by atoms with Crippen molar-refractivity contribution in [1.82, 2.24) is 24.7 Å². The van der Waals surface area contributed by atoms with E-state index < -0.39 is 0 Å². The van der Waals surface area contributed by atoms with Crippen LogP contribution in [0.15, 0.2) is 31.1 Å². The lowest BCUT2D eigenvalue weighted by molar-refractivity contribution is 0.547. The Morgan fingerprint density at radius 2 is 2.13 bits per heavy atom. The first-order valence-corrected chi connectivity index (χ1v) is 7.50. The van der Waals surface area contributed by atoms with Gasteiger partial charge in [-0.25, -0.2) is 14.6 Å². The van der Waals surface area contributed by atoms with E-state index in [1.807, 2.05) is 29.8 Å². The van der Waals surface area contributed by atoms with Crippen molar-refractivity contribution in [3.05, 3.63) is 42.4 Å². The predicted molar refractivity (Wildman–Crippen MR) is 93.9 cm³/mol. The van der Waals surface area contributed by atoms with Gasteiger partial charge in [0.2, 0.25) is 0 Å². The summed E-state index contributed by atoms with van der Waals surface area (Å²) in [6.07, 6.45) is 7.13. The van der Waals surface area contributed by atoms with Gasteiger partial charge in [-0.3, -0.25) is 0 Å². The molecule has 0 aliphatic rings. The summed E-state index contributed by atoms with van der Waals surface area (Å²) >= 11 is 0. The predicted octanol–water partition coefficient (Wildman–Crippen LogP) is 3.49. The lowest BCUT2D eigenvalue weighted by atomic mass is 10.2. The van der Waals surface area contributed by atoms with Crippen molar-refractivity contribution in [1.29, 1.82) is 0 Å². The monoisotopic (exact) mass is 308 g/mol. The minimum absolute atomic E-state index is 0.178. The van der Waals surface area contributed by atoms with Crippen LogP contribution in [0.5, 0.6) is 0 Å². The van der Waals surface area contributed by atoms with Gasteiger partial charge in [0.15, 0.2) is 5.65 Å². The van der Waals surface area contributed by atoms with Crippen molar-refractivity contribution in [3.63, 3.8) is 0 Å². The highest BCUT2D eigenvalue weighted by Crippen LogP contribution is 2.32. The van der Waals surface area contributed by atoms with Crippen LogP contribution in [0.2, 0.25) is 0 Å². The van der Waals surface area contributed by atoms with E-state index in [4.69, 9.17) is 10.8 Å². The van der Waals surface area contributed by atoms with Crippen LogP contribution in [0.4, 0.5) is 5.82 Å². The highest BCUT2D eigenvalue weighted by molar-refractivity contribution is 5.97. The van der Waals surface area contributed by atoms with E-state index in [2.05, 4.69) is 35.4 Å². The minimum atomic E-state index is 0.178. The van der Waals surface area contributed by atoms with Crippen molar-refractivity contribution in [2.75, 3.05) is 5.73 Å². The molecule has 0 amide bonds. The third kappa shape index (κ3) is 2.52. The van der Waals surface area contributed by atoms with Gasteiger partial charge >= 0.3 is 0 Å². The molecule has 0 aliphatic carbocycles. The number of aryl methyl sites for hydroxylation is 1. The van der Waals surface area contributed by atoms with Crippen molar-refractivity contribution in [2.24, 2.45) is 0 Å². The fourth-order valence-corrected chi connectivity index (χ4v) is 2.59. The van der Waals surface area contributed by atoms with Crippen LogP contribution in [0.3, 0.4) is 0 Å². The Hall–Kier alpha value is -2.89. The van der Waals surface area contributed by atoms with Crippen molar-refractivity contribution >= 4 is 22.9 Å². The van der Waals surface area contributed by atoms with E-state index in [9.17, 15) is 0 Å². The molecule has 0 fully saturated rings. The number of nitrogens with one attached hydrogen (secondary N) is 1. The molecule has 118 valence electrons. The molecule has 0 radical (unpaired) electrons. The van der Waals surface area contributed by atoms with Crippen molar-refractivity contribution < 1.29 is 0 Å². The topological polar surface area (TPSA) is 85.4 Å². The zero-order chi connectivity index (χ0) is 16.6. The van der Waals surface area contributed by atoms with Gasteiger partial charge in [0.05, 0.1) is 11.1 Å². The second kappa shape index (κ2) is 5.72. The number of aromatic nitrogens is 5. The Kier molecular flexibility index (Phi) is 3.73. The largest absolute Gasteiger partial charge is 0.383 e. The summed E-state index contributed by atoms with van der Waals surface area (Å²) in [5, 5.41) is 5.49. The molecule has 0 saturated heterocycles. The molecule has 3 rings (SSSR count). The molecule has 6 heteroatoms. The molecule has 0 aromatic carbocycles. The summed E-state index contributed by atoms with van der Waals surface area (Å²) < 4.78 is 1.87. The molecular formula is C17H20N6. The molecule has 0 spiro atoms. The molecule has 3 N–H and O–H groups in total. The summed E-state index contributed by atoms with van der Waals surface area (Å²) in [6, 6.07) is 2.23. The van der Waals surface area contributed by atoms with Gasteiger partial charge in [-0.1, -0.05) is 24.8 Å². The Balaban J connectivity index is 2.24. The number of allylic oxidation sites excluding steroid dienone is 2. The maximum Gasteiger partial charge on any atom is 0.164 e. The second-order valence-electron chi connectivity index (χ2n) is 5.70. The summed E-state index contributed by atoms with van der Waals surface area (Å²) in [6.45, 7) is 9.85. The number of H-pyrrole nitrogens is 1. The molecule has 23 heavy (non-hydrogen) atoms. The van der Waals surface area contributed by atoms with E-state index in [0.29, 0.717) is 5.82 Å². The Morgan fingerprint density at radius 1 is 1.35 bits per heavy atom. The molecule has 0 bridgehead atoms. The number of anilines is 1. The first kappa shape index (κ1) is 15.0. The lowest BCUT2D eigenvalue weighted by Gasteiger charge is -2.05. The fourth-order valence-electron chi connectivity index (χ4n) is 2.59. The van der Waals surface area contributed by atoms with Gasteiger partial charge in [0, 0.05) is 11.7 Å². The second-order valence-corrected chi connectivity index (χ2v) is 5.70. The van der Waals surface area contributed by atoms with Crippen LogP contribution < -0.4 is 5.73 Å². The van der Waals surface area contributed by atoms with Crippen LogP contribution in [0.25, 0.3) is 28.5 Å². The maximum atomic E-state index is 6.09. The van der Waals surface area contributed by atoms with Gasteiger partial charge in [-0.2, -0.15) is 5.10 Å². The molecule has 3 heterocycles. The van der Waals surface area contributed by atoms with Gasteiger partial charge in [-0.05, 0) is 32.4 Å². The quantitative estimate of drug-likeness (QED) is 0.722. The first-order chi connectivity index (χ1) is 11.0. The Morgan fingerprint density at radius 3 is 2.83 bits per heavy atom. The third-order valence-corrected chi connectivity index (χ3v) is 3.73. The summed E-state index contributed by atoms with van der Waals surface area (Å²) in [7, 11) is 0. The van der Waals surface area contributed by atoms with E-state index in [0.717, 1.165) is 33.7 Å². The number of rotatable bonds is 4. The van der Waals surface area contributed by atoms with E-state index >= 15 is 0 Å². The number of aromatic amines is 1. The van der Waals surface area contributed by atoms with Gasteiger partial charge in [0.25, 0.3) is 0 Å². The number of hydrogen-bond acceptors (Lipinski definition) is 4. The Bertz CT molecular complexity index is 897. The van der Waals surface area contributed by atoms with Crippen molar-refractivity contribution in [2.45, 2.75) is 26.8 Å². The molecule has 0 saturated carbocycles. The number of hydrogen-bond donors (Lipinski definition) is 2. The van der Waals surface area contributed by atoms with Gasteiger partial charge in [0.1, 0.15) is 17.8 Å². The fraction of sp³-hybridized carbons (Fsp3) is 0.235. The molecule has 0 unspecified atom stereocenters. The highest BCUT2D eigenvalue weighted by Gasteiger charge is 2.19. The smallest absolute Gasteiger partial charge is 0.164 e. The molecule has 0 aliphatic heterocycles. The first-order valence-electron chi connectivity index (χ1n) is 7.50. The number of nitrogens with two attached hydrogens (primary N) is 1. The van der Waals surface area contributed by atoms with Crippen LogP contribution in [-0.4, -0.2) is 24.7 Å². The lowest BCUT2D eigenvalue weighted by Crippen LogP contribution is -2.04. The summed E-state index contributed by atoms with van der Waals surface area (Å²) in [5.41, 5.74) is 10.6. The van der Waals surface area contributed by atoms with Crippen LogP contribution in [-0.2, 0) is 0 Å². The number of nitrogens with zero attached hydrogens (tertiary/aromatic N) is 4.